The highest BCUT2D eigenvalue weighted by Crippen LogP contribution is 2.41. The van der Waals surface area contributed by atoms with E-state index in [1.165, 1.54) is 18.2 Å². The summed E-state index contributed by atoms with van der Waals surface area (Å²) in [5.74, 6) is 0. The average Bonchev–Trinajstić information content (AvgIpc) is 2.81. The van der Waals surface area contributed by atoms with E-state index in [0.29, 0.717) is 17.0 Å². The van der Waals surface area contributed by atoms with Gasteiger partial charge in [-0.05, 0) is 62.1 Å². The van der Waals surface area contributed by atoms with Crippen LogP contribution in [0.25, 0.3) is 0 Å². The summed E-state index contributed by atoms with van der Waals surface area (Å²) in [5.41, 5.74) is 0.771. The van der Waals surface area contributed by atoms with Gasteiger partial charge in [-0.1, -0.05) is 92.5 Å². The molecule has 0 fully saturated rings. The van der Waals surface area contributed by atoms with Crippen LogP contribution in [-0.4, -0.2) is 36.7 Å². The second kappa shape index (κ2) is 21.0. The number of aliphatic hydroxyl groups excluding tert-OH is 1. The highest BCUT2D eigenvalue weighted by atomic mass is 33.1. The van der Waals surface area contributed by atoms with E-state index in [9.17, 15) is 4.79 Å². The number of thiocarbonyl (C=S) groups is 1. The molecule has 0 amide bonds. The van der Waals surface area contributed by atoms with E-state index in [4.69, 9.17) is 22.6 Å². The molecule has 8 heteroatoms. The predicted molar refractivity (Wildman–Crippen MR) is 157 cm³/mol. The Morgan fingerprint density at radius 1 is 1.26 bits per heavy atom. The van der Waals surface area contributed by atoms with Gasteiger partial charge in [-0.15, -0.1) is 0 Å². The van der Waals surface area contributed by atoms with Crippen molar-refractivity contribution in [2.45, 2.75) is 74.8 Å². The SMILES string of the molecule is C=C/C=C(\C=C)C(=S)SC(C)(C#N)CCC=O.CC(C)(CCO)SSc1ccccn1.CCC. The molecule has 1 aromatic heterocycles. The molecular formula is C26H38N2O2S4. The number of aromatic nitrogens is 1. The standard InChI is InChI=1S/C13H15NOS2.C10H15NOS2.C3H8/c1-4-7-11(5-2)12(16)17-13(3,10-14)8-6-9-15;1-10(2,6-8-12)14-13-9-5-3-4-7-11-9;1-3-2/h4-5,7,9H,1-2,6,8H2,3H3;3-5,7,12H,6,8H2,1-2H3;3H2,1-2H3/b11-7+;;. The van der Waals surface area contributed by atoms with Crippen LogP contribution >= 0.6 is 45.6 Å². The van der Waals surface area contributed by atoms with Crippen molar-refractivity contribution in [3.8, 4) is 6.07 Å². The first-order chi connectivity index (χ1) is 16.1. The topological polar surface area (TPSA) is 74.0 Å². The molecule has 0 saturated heterocycles. The highest BCUT2D eigenvalue weighted by molar-refractivity contribution is 8.77. The van der Waals surface area contributed by atoms with Gasteiger partial charge in [0.2, 0.25) is 0 Å². The van der Waals surface area contributed by atoms with E-state index in [2.05, 4.69) is 51.9 Å². The van der Waals surface area contributed by atoms with Crippen LogP contribution < -0.4 is 0 Å². The van der Waals surface area contributed by atoms with Crippen molar-refractivity contribution in [1.29, 1.82) is 5.26 Å². The summed E-state index contributed by atoms with van der Waals surface area (Å²) in [4.78, 5) is 14.6. The normalized spacial score (nSPS) is 12.4. The molecule has 0 saturated carbocycles. The van der Waals surface area contributed by atoms with Gasteiger partial charge in [0.1, 0.15) is 16.1 Å². The summed E-state index contributed by atoms with van der Waals surface area (Å²) in [6.07, 6.45) is 10.5. The Kier molecular flexibility index (Phi) is 21.4. The van der Waals surface area contributed by atoms with Gasteiger partial charge in [-0.3, -0.25) is 0 Å². The zero-order chi connectivity index (χ0) is 26.5. The van der Waals surface area contributed by atoms with E-state index in [1.807, 2.05) is 18.2 Å². The molecule has 1 atom stereocenters. The number of aldehydes is 1. The summed E-state index contributed by atoms with van der Waals surface area (Å²) >= 11 is 6.52. The van der Waals surface area contributed by atoms with Crippen molar-refractivity contribution >= 4 is 56.1 Å². The number of nitriles is 1. The number of aliphatic hydroxyl groups is 1. The molecule has 0 aliphatic carbocycles. The monoisotopic (exact) mass is 538 g/mol. The summed E-state index contributed by atoms with van der Waals surface area (Å²) < 4.78 is 0.00734. The van der Waals surface area contributed by atoms with Gasteiger partial charge in [-0.25, -0.2) is 4.98 Å². The number of carbonyl (C=O) groups excluding carboxylic acids is 1. The maximum absolute atomic E-state index is 10.4. The summed E-state index contributed by atoms with van der Waals surface area (Å²) in [6, 6.07) is 8.08. The second-order valence-electron chi connectivity index (χ2n) is 7.77. The first kappa shape index (κ1) is 34.8. The summed E-state index contributed by atoms with van der Waals surface area (Å²) in [5, 5.41) is 19.0. The number of pyridine rings is 1. The van der Waals surface area contributed by atoms with Crippen LogP contribution in [0.15, 0.2) is 66.4 Å². The molecule has 0 bridgehead atoms. The molecule has 1 aromatic rings. The number of nitrogens with zero attached hydrogens (tertiary/aromatic N) is 2. The third-order valence-corrected chi connectivity index (χ3v) is 8.67. The third kappa shape index (κ3) is 18.0. The van der Waals surface area contributed by atoms with Crippen LogP contribution in [0.1, 0.15) is 60.3 Å². The van der Waals surface area contributed by atoms with Crippen LogP contribution in [0, 0.1) is 11.3 Å². The Bertz CT molecular complexity index is 805. The lowest BCUT2D eigenvalue weighted by molar-refractivity contribution is -0.108. The van der Waals surface area contributed by atoms with Crippen molar-refractivity contribution in [3.63, 3.8) is 0 Å². The van der Waals surface area contributed by atoms with Crippen LogP contribution in [-0.2, 0) is 4.79 Å². The number of thioether (sulfide) groups is 1. The second-order valence-corrected chi connectivity index (χ2v) is 12.8. The van der Waals surface area contributed by atoms with Crippen molar-refractivity contribution in [1.82, 2.24) is 4.98 Å². The molecule has 1 unspecified atom stereocenters. The Balaban J connectivity index is 0. The fourth-order valence-electron chi connectivity index (χ4n) is 1.94. The van der Waals surface area contributed by atoms with Gasteiger partial charge in [0.05, 0.1) is 10.3 Å². The third-order valence-electron chi connectivity index (χ3n) is 3.75. The number of carbonyl (C=O) groups is 1. The van der Waals surface area contributed by atoms with Gasteiger partial charge >= 0.3 is 0 Å². The largest absolute Gasteiger partial charge is 0.396 e. The van der Waals surface area contributed by atoms with Crippen LogP contribution in [0.3, 0.4) is 0 Å². The summed E-state index contributed by atoms with van der Waals surface area (Å²) in [7, 11) is 3.41. The van der Waals surface area contributed by atoms with Gasteiger partial charge in [0, 0.05) is 24.0 Å². The van der Waals surface area contributed by atoms with E-state index in [1.54, 1.807) is 52.9 Å². The maximum Gasteiger partial charge on any atom is 0.120 e. The first-order valence-corrected chi connectivity index (χ1v) is 14.4. The Morgan fingerprint density at radius 2 is 1.91 bits per heavy atom. The zero-order valence-electron chi connectivity index (χ0n) is 21.0. The highest BCUT2D eigenvalue weighted by Gasteiger charge is 2.26. The average molecular weight is 539 g/mol. The number of rotatable bonds is 12. The first-order valence-electron chi connectivity index (χ1n) is 11.0. The van der Waals surface area contributed by atoms with E-state index in [-0.39, 0.29) is 11.4 Å². The molecule has 0 aromatic carbocycles. The number of hydrogen-bond acceptors (Lipinski definition) is 8. The number of allylic oxidation sites excluding steroid dienone is 3. The fourth-order valence-corrected chi connectivity index (χ4v) is 5.79. The molecule has 1 N–H and O–H groups in total. The van der Waals surface area contributed by atoms with Gasteiger partial charge < -0.3 is 9.90 Å². The molecule has 1 heterocycles. The van der Waals surface area contributed by atoms with E-state index in [0.717, 1.165) is 23.3 Å². The van der Waals surface area contributed by atoms with E-state index < -0.39 is 4.75 Å². The van der Waals surface area contributed by atoms with Gasteiger partial charge in [0.15, 0.2) is 0 Å². The van der Waals surface area contributed by atoms with Gasteiger partial charge in [0.25, 0.3) is 0 Å². The maximum atomic E-state index is 10.4. The van der Waals surface area contributed by atoms with Crippen molar-refractivity contribution in [2.75, 3.05) is 6.61 Å². The minimum absolute atomic E-state index is 0.0942. The molecular weight excluding hydrogens is 501 g/mol. The molecule has 0 aliphatic rings. The Hall–Kier alpha value is -1.37. The molecule has 188 valence electrons. The minimum Gasteiger partial charge on any atom is -0.396 e. The lowest BCUT2D eigenvalue weighted by atomic mass is 10.1. The minimum atomic E-state index is -0.679. The molecule has 0 radical (unpaired) electrons. The van der Waals surface area contributed by atoms with Crippen LogP contribution in [0.5, 0.6) is 0 Å². The van der Waals surface area contributed by atoms with E-state index >= 15 is 0 Å². The molecule has 34 heavy (non-hydrogen) atoms. The Morgan fingerprint density at radius 3 is 2.35 bits per heavy atom. The quantitative estimate of drug-likeness (QED) is 0.0943. The summed E-state index contributed by atoms with van der Waals surface area (Å²) in [6.45, 7) is 17.8. The van der Waals surface area contributed by atoms with Crippen molar-refractivity contribution in [2.24, 2.45) is 0 Å². The van der Waals surface area contributed by atoms with Crippen molar-refractivity contribution in [3.05, 3.63) is 61.4 Å². The van der Waals surface area contributed by atoms with Crippen LogP contribution in [0.4, 0.5) is 0 Å². The molecule has 4 nitrogen and oxygen atoms in total. The molecule has 1 rings (SSSR count). The fraction of sp³-hybridized carbons (Fsp3) is 0.462. The van der Waals surface area contributed by atoms with Crippen LogP contribution in [0.2, 0.25) is 0 Å². The Labute approximate surface area is 224 Å². The van der Waals surface area contributed by atoms with Crippen molar-refractivity contribution < 1.29 is 9.90 Å². The lowest BCUT2D eigenvalue weighted by Crippen LogP contribution is -2.20. The molecule has 0 aliphatic heterocycles. The van der Waals surface area contributed by atoms with Gasteiger partial charge in [-0.2, -0.15) is 5.26 Å². The molecule has 0 spiro atoms. The smallest absolute Gasteiger partial charge is 0.120 e. The predicted octanol–water partition coefficient (Wildman–Crippen LogP) is 8.01. The zero-order valence-corrected chi connectivity index (χ0v) is 24.2. The number of hydrogen-bond donors (Lipinski definition) is 1. The lowest BCUT2D eigenvalue weighted by Gasteiger charge is -2.21.